The van der Waals surface area contributed by atoms with Gasteiger partial charge in [0.15, 0.2) is 5.76 Å². The molecule has 5 heteroatoms. The highest BCUT2D eigenvalue weighted by atomic mass is 32.1. The first-order valence-electron chi connectivity index (χ1n) is 6.00. The highest BCUT2D eigenvalue weighted by molar-refractivity contribution is 7.15. The number of hydrogen-bond donors (Lipinski definition) is 1. The van der Waals surface area contributed by atoms with Crippen molar-refractivity contribution in [2.75, 3.05) is 0 Å². The summed E-state index contributed by atoms with van der Waals surface area (Å²) in [6, 6.07) is 1.98. The topological polar surface area (TPSA) is 51.0 Å². The van der Waals surface area contributed by atoms with Gasteiger partial charge in [-0.3, -0.25) is 0 Å². The number of rotatable bonds is 3. The van der Waals surface area contributed by atoms with Crippen molar-refractivity contribution >= 4 is 11.3 Å². The molecule has 0 saturated heterocycles. The Kier molecular flexibility index (Phi) is 3.54. The number of hydrogen-bond acceptors (Lipinski definition) is 5. The fraction of sp³-hybridized carbons (Fsp3) is 0.538. The molecule has 0 radical (unpaired) electrons. The van der Waals surface area contributed by atoms with E-state index >= 15 is 0 Å². The standard InChI is InChI=1S/C13H19N3OS/c1-8-12(18-9(2)15-8)11-6-10(16-17-11)7-14-13(3,4)5/h6,14H,7H2,1-5H3. The van der Waals surface area contributed by atoms with Gasteiger partial charge in [0.2, 0.25) is 0 Å². The smallest absolute Gasteiger partial charge is 0.179 e. The predicted molar refractivity (Wildman–Crippen MR) is 73.7 cm³/mol. The van der Waals surface area contributed by atoms with Crippen molar-refractivity contribution in [3.8, 4) is 10.6 Å². The third-order valence-electron chi connectivity index (χ3n) is 2.49. The summed E-state index contributed by atoms with van der Waals surface area (Å²) in [7, 11) is 0. The molecule has 0 aliphatic carbocycles. The predicted octanol–water partition coefficient (Wildman–Crippen LogP) is 3.30. The van der Waals surface area contributed by atoms with Gasteiger partial charge in [-0.25, -0.2) is 4.98 Å². The Balaban J connectivity index is 2.13. The van der Waals surface area contributed by atoms with Gasteiger partial charge in [-0.05, 0) is 34.6 Å². The molecule has 0 aliphatic heterocycles. The van der Waals surface area contributed by atoms with Gasteiger partial charge in [-0.2, -0.15) is 0 Å². The largest absolute Gasteiger partial charge is 0.355 e. The Morgan fingerprint density at radius 1 is 1.33 bits per heavy atom. The SMILES string of the molecule is Cc1nc(C)c(-c2cc(CNC(C)(C)C)no2)s1. The molecule has 98 valence electrons. The Morgan fingerprint density at radius 3 is 2.61 bits per heavy atom. The molecule has 2 rings (SSSR count). The van der Waals surface area contributed by atoms with Gasteiger partial charge < -0.3 is 9.84 Å². The quantitative estimate of drug-likeness (QED) is 0.925. The van der Waals surface area contributed by atoms with Gasteiger partial charge in [0, 0.05) is 18.2 Å². The van der Waals surface area contributed by atoms with Gasteiger partial charge in [0.1, 0.15) is 0 Å². The molecule has 0 bridgehead atoms. The molecule has 0 unspecified atom stereocenters. The van der Waals surface area contributed by atoms with Crippen molar-refractivity contribution in [1.29, 1.82) is 0 Å². The molecule has 0 aliphatic rings. The number of aromatic nitrogens is 2. The minimum absolute atomic E-state index is 0.0795. The van der Waals surface area contributed by atoms with E-state index in [-0.39, 0.29) is 5.54 Å². The van der Waals surface area contributed by atoms with Crippen LogP contribution in [0.25, 0.3) is 10.6 Å². The Labute approximate surface area is 111 Å². The molecule has 0 saturated carbocycles. The summed E-state index contributed by atoms with van der Waals surface area (Å²) in [5.74, 6) is 0.809. The molecular weight excluding hydrogens is 246 g/mol. The summed E-state index contributed by atoms with van der Waals surface area (Å²) in [5, 5.41) is 8.52. The summed E-state index contributed by atoms with van der Waals surface area (Å²) in [5.41, 5.74) is 2.00. The van der Waals surface area contributed by atoms with E-state index in [9.17, 15) is 0 Å². The van der Waals surface area contributed by atoms with Crippen LogP contribution in [0, 0.1) is 13.8 Å². The third kappa shape index (κ3) is 3.17. The van der Waals surface area contributed by atoms with Crippen LogP contribution in [-0.2, 0) is 6.54 Å². The number of nitrogens with zero attached hydrogens (tertiary/aromatic N) is 2. The highest BCUT2D eigenvalue weighted by Crippen LogP contribution is 2.30. The van der Waals surface area contributed by atoms with Gasteiger partial charge in [0.05, 0.1) is 21.3 Å². The second kappa shape index (κ2) is 4.82. The second-order valence-corrected chi connectivity index (χ2v) is 6.64. The van der Waals surface area contributed by atoms with Crippen LogP contribution in [0.1, 0.15) is 37.2 Å². The molecule has 18 heavy (non-hydrogen) atoms. The van der Waals surface area contributed by atoms with E-state index in [1.165, 1.54) is 0 Å². The van der Waals surface area contributed by atoms with E-state index in [2.05, 4.69) is 36.2 Å². The molecule has 2 heterocycles. The summed E-state index contributed by atoms with van der Waals surface area (Å²) >= 11 is 1.64. The van der Waals surface area contributed by atoms with E-state index in [0.29, 0.717) is 6.54 Å². The zero-order valence-corrected chi connectivity index (χ0v) is 12.3. The fourth-order valence-electron chi connectivity index (χ4n) is 1.62. The van der Waals surface area contributed by atoms with Gasteiger partial charge in [-0.1, -0.05) is 5.16 Å². The summed E-state index contributed by atoms with van der Waals surface area (Å²) < 4.78 is 5.39. The maximum Gasteiger partial charge on any atom is 0.179 e. The van der Waals surface area contributed by atoms with Crippen LogP contribution in [-0.4, -0.2) is 15.7 Å². The van der Waals surface area contributed by atoms with Crippen LogP contribution in [0.2, 0.25) is 0 Å². The van der Waals surface area contributed by atoms with E-state index in [4.69, 9.17) is 4.52 Å². The molecule has 0 aromatic carbocycles. The molecular formula is C13H19N3OS. The lowest BCUT2D eigenvalue weighted by Crippen LogP contribution is -2.35. The maximum absolute atomic E-state index is 5.39. The first-order chi connectivity index (χ1) is 8.35. The van der Waals surface area contributed by atoms with Crippen LogP contribution in [0.4, 0.5) is 0 Å². The first kappa shape index (κ1) is 13.2. The minimum Gasteiger partial charge on any atom is -0.355 e. The van der Waals surface area contributed by atoms with E-state index in [0.717, 1.165) is 27.0 Å². The van der Waals surface area contributed by atoms with Crippen LogP contribution in [0.15, 0.2) is 10.6 Å². The van der Waals surface area contributed by atoms with E-state index in [1.54, 1.807) is 11.3 Å². The van der Waals surface area contributed by atoms with E-state index in [1.807, 2.05) is 19.9 Å². The maximum atomic E-state index is 5.39. The Morgan fingerprint density at radius 2 is 2.06 bits per heavy atom. The van der Waals surface area contributed by atoms with Gasteiger partial charge in [-0.15, -0.1) is 11.3 Å². The zero-order chi connectivity index (χ0) is 13.3. The number of aryl methyl sites for hydroxylation is 2. The normalized spacial score (nSPS) is 12.1. The van der Waals surface area contributed by atoms with Crippen LogP contribution < -0.4 is 5.32 Å². The Hall–Kier alpha value is -1.20. The van der Waals surface area contributed by atoms with Gasteiger partial charge in [0.25, 0.3) is 0 Å². The van der Waals surface area contributed by atoms with Crippen molar-refractivity contribution in [3.05, 3.63) is 22.5 Å². The van der Waals surface area contributed by atoms with Crippen molar-refractivity contribution in [3.63, 3.8) is 0 Å². The lowest BCUT2D eigenvalue weighted by Gasteiger charge is -2.19. The molecule has 1 N–H and O–H groups in total. The van der Waals surface area contributed by atoms with Crippen LogP contribution >= 0.6 is 11.3 Å². The van der Waals surface area contributed by atoms with Crippen LogP contribution in [0.3, 0.4) is 0 Å². The van der Waals surface area contributed by atoms with Crippen molar-refractivity contribution in [2.24, 2.45) is 0 Å². The number of nitrogens with one attached hydrogen (secondary N) is 1. The molecule has 0 amide bonds. The van der Waals surface area contributed by atoms with Crippen molar-refractivity contribution < 1.29 is 4.52 Å². The highest BCUT2D eigenvalue weighted by Gasteiger charge is 2.15. The fourth-order valence-corrected chi connectivity index (χ4v) is 2.49. The average molecular weight is 265 g/mol. The number of thiazole rings is 1. The summed E-state index contributed by atoms with van der Waals surface area (Å²) in [6.45, 7) is 11.1. The van der Waals surface area contributed by atoms with Crippen molar-refractivity contribution in [2.45, 2.75) is 46.7 Å². The monoisotopic (exact) mass is 265 g/mol. The first-order valence-corrected chi connectivity index (χ1v) is 6.82. The third-order valence-corrected chi connectivity index (χ3v) is 3.57. The molecule has 0 atom stereocenters. The van der Waals surface area contributed by atoms with Crippen molar-refractivity contribution in [1.82, 2.24) is 15.5 Å². The zero-order valence-electron chi connectivity index (χ0n) is 11.5. The molecule has 0 fully saturated rings. The minimum atomic E-state index is 0.0795. The van der Waals surface area contributed by atoms with Crippen LogP contribution in [0.5, 0.6) is 0 Å². The second-order valence-electron chi connectivity index (χ2n) is 5.43. The lowest BCUT2D eigenvalue weighted by atomic mass is 10.1. The van der Waals surface area contributed by atoms with E-state index < -0.39 is 0 Å². The lowest BCUT2D eigenvalue weighted by molar-refractivity contribution is 0.392. The Bertz CT molecular complexity index is 537. The molecule has 4 nitrogen and oxygen atoms in total. The summed E-state index contributed by atoms with van der Waals surface area (Å²) in [4.78, 5) is 5.47. The molecule has 2 aromatic rings. The summed E-state index contributed by atoms with van der Waals surface area (Å²) in [6.07, 6.45) is 0. The molecule has 0 spiro atoms. The average Bonchev–Trinajstić information content (AvgIpc) is 2.81. The van der Waals surface area contributed by atoms with Gasteiger partial charge >= 0.3 is 0 Å². The molecule has 2 aromatic heterocycles.